The molecule has 180 valence electrons. The number of ether oxygens (including phenoxy) is 1. The molecule has 3 aromatic carbocycles. The minimum Gasteiger partial charge on any atom is -0.508 e. The van der Waals surface area contributed by atoms with Gasteiger partial charge in [0.1, 0.15) is 11.5 Å². The SMILES string of the molecule is COc1cccc(N2CCN(CCCC(CO)(c3ccccc3)c3cc(Cl)ccc3O)CC2)c1. The molecule has 1 fully saturated rings. The summed E-state index contributed by atoms with van der Waals surface area (Å²) in [7, 11) is 1.70. The van der Waals surface area contributed by atoms with Crippen LogP contribution in [0.5, 0.6) is 11.5 Å². The summed E-state index contributed by atoms with van der Waals surface area (Å²) in [5.41, 5.74) is 2.15. The van der Waals surface area contributed by atoms with E-state index >= 15 is 0 Å². The number of rotatable bonds is 9. The molecule has 0 spiro atoms. The highest BCUT2D eigenvalue weighted by molar-refractivity contribution is 6.30. The van der Waals surface area contributed by atoms with Crippen molar-refractivity contribution in [1.29, 1.82) is 0 Å². The summed E-state index contributed by atoms with van der Waals surface area (Å²) in [5.74, 6) is 1.04. The predicted octanol–water partition coefficient (Wildman–Crippen LogP) is 4.94. The van der Waals surface area contributed by atoms with E-state index < -0.39 is 5.41 Å². The fourth-order valence-electron chi connectivity index (χ4n) is 4.98. The van der Waals surface area contributed by atoms with Gasteiger partial charge in [-0.3, -0.25) is 4.90 Å². The zero-order chi connectivity index (χ0) is 24.0. The third-order valence-corrected chi connectivity index (χ3v) is 7.17. The normalized spacial score (nSPS) is 16.3. The zero-order valence-corrected chi connectivity index (χ0v) is 20.4. The number of benzene rings is 3. The van der Waals surface area contributed by atoms with Crippen molar-refractivity contribution >= 4 is 17.3 Å². The molecule has 0 amide bonds. The van der Waals surface area contributed by atoms with Gasteiger partial charge < -0.3 is 19.8 Å². The van der Waals surface area contributed by atoms with Crippen LogP contribution in [0, 0.1) is 0 Å². The van der Waals surface area contributed by atoms with Crippen LogP contribution in [0.1, 0.15) is 24.0 Å². The van der Waals surface area contributed by atoms with Gasteiger partial charge in [0.05, 0.1) is 13.7 Å². The average molecular weight is 481 g/mol. The third-order valence-electron chi connectivity index (χ3n) is 6.94. The van der Waals surface area contributed by atoms with E-state index in [9.17, 15) is 10.2 Å². The number of phenolic OH excluding ortho intramolecular Hbond substituents is 1. The summed E-state index contributed by atoms with van der Waals surface area (Å²) in [6.07, 6.45) is 1.60. The van der Waals surface area contributed by atoms with E-state index in [2.05, 4.69) is 21.9 Å². The van der Waals surface area contributed by atoms with Gasteiger partial charge in [0.15, 0.2) is 0 Å². The zero-order valence-electron chi connectivity index (χ0n) is 19.7. The van der Waals surface area contributed by atoms with Crippen LogP contribution < -0.4 is 9.64 Å². The lowest BCUT2D eigenvalue weighted by Gasteiger charge is -2.38. The van der Waals surface area contributed by atoms with Crippen molar-refractivity contribution < 1.29 is 14.9 Å². The van der Waals surface area contributed by atoms with Crippen molar-refractivity contribution in [3.8, 4) is 11.5 Å². The molecule has 3 aromatic rings. The predicted molar refractivity (Wildman–Crippen MR) is 138 cm³/mol. The molecule has 1 aliphatic heterocycles. The number of aliphatic hydroxyl groups excluding tert-OH is 1. The number of nitrogens with zero attached hydrogens (tertiary/aromatic N) is 2. The highest BCUT2D eigenvalue weighted by Crippen LogP contribution is 2.42. The maximum Gasteiger partial charge on any atom is 0.120 e. The van der Waals surface area contributed by atoms with Crippen molar-refractivity contribution in [1.82, 2.24) is 4.90 Å². The molecule has 1 heterocycles. The fraction of sp³-hybridized carbons (Fsp3) is 0.357. The Morgan fingerprint density at radius 2 is 1.71 bits per heavy atom. The van der Waals surface area contributed by atoms with Crippen molar-refractivity contribution in [3.63, 3.8) is 0 Å². The molecule has 1 saturated heterocycles. The first kappa shape index (κ1) is 24.4. The highest BCUT2D eigenvalue weighted by atomic mass is 35.5. The highest BCUT2D eigenvalue weighted by Gasteiger charge is 2.36. The van der Waals surface area contributed by atoms with E-state index in [1.165, 1.54) is 5.69 Å². The molecule has 6 heteroatoms. The third kappa shape index (κ3) is 5.33. The average Bonchev–Trinajstić information content (AvgIpc) is 2.89. The number of piperazine rings is 1. The van der Waals surface area contributed by atoms with Crippen LogP contribution in [0.4, 0.5) is 5.69 Å². The van der Waals surface area contributed by atoms with E-state index in [-0.39, 0.29) is 12.4 Å². The molecule has 0 saturated carbocycles. The van der Waals surface area contributed by atoms with Gasteiger partial charge in [0.25, 0.3) is 0 Å². The standard InChI is InChI=1S/C28H33ClN2O3/c1-34-25-10-5-9-24(20-25)31-17-15-30(16-18-31)14-6-13-28(21-32,22-7-3-2-4-8-22)26-19-23(29)11-12-27(26)33/h2-5,7-12,19-20,32-33H,6,13-18,21H2,1H3. The molecule has 5 nitrogen and oxygen atoms in total. The van der Waals surface area contributed by atoms with Crippen LogP contribution in [0.3, 0.4) is 0 Å². The van der Waals surface area contributed by atoms with Gasteiger partial charge in [0.2, 0.25) is 0 Å². The summed E-state index contributed by atoms with van der Waals surface area (Å²) in [5, 5.41) is 21.9. The Morgan fingerprint density at radius 3 is 2.41 bits per heavy atom. The van der Waals surface area contributed by atoms with E-state index in [0.29, 0.717) is 17.0 Å². The number of phenols is 1. The van der Waals surface area contributed by atoms with Gasteiger partial charge in [-0.15, -0.1) is 0 Å². The summed E-state index contributed by atoms with van der Waals surface area (Å²) in [6, 6.07) is 23.2. The second kappa shape index (κ2) is 11.1. The number of aromatic hydroxyl groups is 1. The van der Waals surface area contributed by atoms with Gasteiger partial charge in [-0.25, -0.2) is 0 Å². The van der Waals surface area contributed by atoms with E-state index in [1.807, 2.05) is 42.5 Å². The van der Waals surface area contributed by atoms with E-state index in [1.54, 1.807) is 25.3 Å². The first-order valence-corrected chi connectivity index (χ1v) is 12.2. The number of aliphatic hydroxyl groups is 1. The van der Waals surface area contributed by atoms with Crippen LogP contribution >= 0.6 is 11.6 Å². The van der Waals surface area contributed by atoms with E-state index in [4.69, 9.17) is 16.3 Å². The fourth-order valence-corrected chi connectivity index (χ4v) is 5.15. The summed E-state index contributed by atoms with van der Waals surface area (Å²) in [4.78, 5) is 4.87. The molecule has 4 rings (SSSR count). The summed E-state index contributed by atoms with van der Waals surface area (Å²) >= 11 is 6.29. The topological polar surface area (TPSA) is 56.2 Å². The number of halogens is 1. The lowest BCUT2D eigenvalue weighted by Crippen LogP contribution is -2.47. The number of methoxy groups -OCH3 is 1. The van der Waals surface area contributed by atoms with Gasteiger partial charge >= 0.3 is 0 Å². The lowest BCUT2D eigenvalue weighted by atomic mass is 9.71. The molecule has 0 radical (unpaired) electrons. The van der Waals surface area contributed by atoms with Crippen LogP contribution in [0.15, 0.2) is 72.8 Å². The van der Waals surface area contributed by atoms with E-state index in [0.717, 1.165) is 50.5 Å². The minimum absolute atomic E-state index is 0.103. The second-order valence-electron chi connectivity index (χ2n) is 8.90. The van der Waals surface area contributed by atoms with Crippen LogP contribution in [0.2, 0.25) is 5.02 Å². The van der Waals surface area contributed by atoms with Gasteiger partial charge in [-0.05, 0) is 55.3 Å². The maximum absolute atomic E-state index is 10.7. The van der Waals surface area contributed by atoms with Crippen LogP contribution in [-0.4, -0.2) is 61.6 Å². The second-order valence-corrected chi connectivity index (χ2v) is 9.34. The first-order chi connectivity index (χ1) is 16.6. The molecule has 0 aromatic heterocycles. The Bertz CT molecular complexity index is 1070. The maximum atomic E-state index is 10.7. The van der Waals surface area contributed by atoms with Gasteiger partial charge in [-0.2, -0.15) is 0 Å². The van der Waals surface area contributed by atoms with Crippen molar-refractivity contribution in [2.24, 2.45) is 0 Å². The number of anilines is 1. The molecule has 1 atom stereocenters. The van der Waals surface area contributed by atoms with Crippen LogP contribution in [-0.2, 0) is 5.41 Å². The largest absolute Gasteiger partial charge is 0.508 e. The van der Waals surface area contributed by atoms with Crippen molar-refractivity contribution in [2.75, 3.05) is 51.3 Å². The molecule has 1 unspecified atom stereocenters. The summed E-state index contributed by atoms with van der Waals surface area (Å²) < 4.78 is 5.37. The Morgan fingerprint density at radius 1 is 0.941 bits per heavy atom. The molecule has 34 heavy (non-hydrogen) atoms. The van der Waals surface area contributed by atoms with Crippen molar-refractivity contribution in [3.05, 3.63) is 88.9 Å². The number of hydrogen-bond acceptors (Lipinski definition) is 5. The molecule has 0 bridgehead atoms. The van der Waals surface area contributed by atoms with Gasteiger partial charge in [-0.1, -0.05) is 48.0 Å². The Hall–Kier alpha value is -2.73. The molecule has 0 aliphatic carbocycles. The van der Waals surface area contributed by atoms with Gasteiger partial charge in [0, 0.05) is 53.9 Å². The number of hydrogen-bond donors (Lipinski definition) is 2. The Labute approximate surface area is 207 Å². The quantitative estimate of drug-likeness (QED) is 0.454. The molecular formula is C28H33ClN2O3. The molecule has 2 N–H and O–H groups in total. The first-order valence-electron chi connectivity index (χ1n) is 11.8. The monoisotopic (exact) mass is 480 g/mol. The van der Waals surface area contributed by atoms with Crippen LogP contribution in [0.25, 0.3) is 0 Å². The smallest absolute Gasteiger partial charge is 0.120 e. The lowest BCUT2D eigenvalue weighted by molar-refractivity contribution is 0.192. The molecular weight excluding hydrogens is 448 g/mol. The summed E-state index contributed by atoms with van der Waals surface area (Å²) in [6.45, 7) is 4.72. The minimum atomic E-state index is -0.710. The molecule has 1 aliphatic rings. The Kier molecular flexibility index (Phi) is 7.99. The Balaban J connectivity index is 1.43. The van der Waals surface area contributed by atoms with Crippen molar-refractivity contribution in [2.45, 2.75) is 18.3 Å².